The van der Waals surface area contributed by atoms with E-state index in [-0.39, 0.29) is 12.1 Å². The van der Waals surface area contributed by atoms with Crippen LogP contribution in [0.1, 0.15) is 0 Å². The van der Waals surface area contributed by atoms with Crippen molar-refractivity contribution in [1.82, 2.24) is 10.2 Å². The van der Waals surface area contributed by atoms with Crippen LogP contribution in [0.2, 0.25) is 0 Å². The highest BCUT2D eigenvalue weighted by Gasteiger charge is 2.32. The molecule has 1 aromatic rings. The average molecular weight is 277 g/mol. The fraction of sp³-hybridized carbons (Fsp3) is 0.600. The molecule has 0 saturated carbocycles. The maximum atomic E-state index is 9.96. The fourth-order valence-electron chi connectivity index (χ4n) is 3.14. The summed E-state index contributed by atoms with van der Waals surface area (Å²) in [7, 11) is 1.70. The van der Waals surface area contributed by atoms with Crippen LogP contribution < -0.4 is 15.0 Å². The van der Waals surface area contributed by atoms with Crippen molar-refractivity contribution in [2.24, 2.45) is 0 Å². The minimum Gasteiger partial charge on any atom is -0.497 e. The molecule has 3 rings (SSSR count). The summed E-state index contributed by atoms with van der Waals surface area (Å²) in [6.45, 7) is 5.62. The number of benzene rings is 1. The van der Waals surface area contributed by atoms with Crippen LogP contribution in [0.15, 0.2) is 24.3 Å². The number of nitrogens with zero attached hydrogens (tertiary/aromatic N) is 2. The van der Waals surface area contributed by atoms with Crippen molar-refractivity contribution in [3.8, 4) is 5.75 Å². The van der Waals surface area contributed by atoms with E-state index in [1.165, 1.54) is 5.69 Å². The van der Waals surface area contributed by atoms with E-state index < -0.39 is 0 Å². The lowest BCUT2D eigenvalue weighted by molar-refractivity contribution is 0.0792. The van der Waals surface area contributed by atoms with Gasteiger partial charge in [-0.15, -0.1) is 0 Å². The molecule has 0 aromatic heterocycles. The predicted molar refractivity (Wildman–Crippen MR) is 79.4 cm³/mol. The molecule has 5 heteroatoms. The standard InChI is InChI=1S/C15H23N3O2/c1-20-13-4-2-3-12(9-13)17-5-7-18(8-6-17)14-10-16-11-15(14)19/h2-4,9,14-16,19H,5-8,10-11H2,1H3. The van der Waals surface area contributed by atoms with E-state index >= 15 is 0 Å². The Labute approximate surface area is 120 Å². The lowest BCUT2D eigenvalue weighted by Gasteiger charge is -2.39. The SMILES string of the molecule is COc1cccc(N2CCN(C3CNCC3O)CC2)c1. The minimum absolute atomic E-state index is 0.224. The van der Waals surface area contributed by atoms with E-state index in [2.05, 4.69) is 27.2 Å². The number of aliphatic hydroxyl groups is 1. The molecule has 0 radical (unpaired) electrons. The van der Waals surface area contributed by atoms with Gasteiger partial charge in [-0.2, -0.15) is 0 Å². The molecule has 1 aromatic carbocycles. The first-order valence-corrected chi connectivity index (χ1v) is 7.30. The third-order valence-electron chi connectivity index (χ3n) is 4.35. The molecular formula is C15H23N3O2. The largest absolute Gasteiger partial charge is 0.497 e. The number of ether oxygens (including phenoxy) is 1. The molecule has 2 aliphatic rings. The molecule has 2 aliphatic heterocycles. The number of methoxy groups -OCH3 is 1. The molecule has 2 saturated heterocycles. The predicted octanol–water partition coefficient (Wildman–Crippen LogP) is 0.150. The summed E-state index contributed by atoms with van der Waals surface area (Å²) in [6, 6.07) is 8.50. The van der Waals surface area contributed by atoms with Crippen LogP contribution in [0.25, 0.3) is 0 Å². The monoisotopic (exact) mass is 277 g/mol. The van der Waals surface area contributed by atoms with E-state index in [1.807, 2.05) is 12.1 Å². The Morgan fingerprint density at radius 2 is 2.00 bits per heavy atom. The quantitative estimate of drug-likeness (QED) is 0.823. The van der Waals surface area contributed by atoms with Gasteiger partial charge in [0.1, 0.15) is 5.75 Å². The number of β-amino-alcohol motifs (C(OH)–C–C–N with tert-alkyl or cyclic N) is 1. The van der Waals surface area contributed by atoms with Crippen LogP contribution in [-0.4, -0.2) is 68.5 Å². The van der Waals surface area contributed by atoms with Gasteiger partial charge in [-0.1, -0.05) is 6.07 Å². The lowest BCUT2D eigenvalue weighted by atomic mass is 10.1. The summed E-state index contributed by atoms with van der Waals surface area (Å²) in [4.78, 5) is 4.79. The van der Waals surface area contributed by atoms with Crippen molar-refractivity contribution in [3.05, 3.63) is 24.3 Å². The molecule has 0 spiro atoms. The highest BCUT2D eigenvalue weighted by molar-refractivity contribution is 5.51. The summed E-state index contributed by atoms with van der Waals surface area (Å²) < 4.78 is 5.28. The van der Waals surface area contributed by atoms with Gasteiger partial charge in [0.2, 0.25) is 0 Å². The highest BCUT2D eigenvalue weighted by Crippen LogP contribution is 2.23. The van der Waals surface area contributed by atoms with Crippen LogP contribution in [0, 0.1) is 0 Å². The second-order valence-electron chi connectivity index (χ2n) is 5.52. The second kappa shape index (κ2) is 5.99. The summed E-state index contributed by atoms with van der Waals surface area (Å²) in [5, 5.41) is 13.2. The Hall–Kier alpha value is -1.30. The molecule has 2 unspecified atom stereocenters. The Morgan fingerprint density at radius 1 is 1.20 bits per heavy atom. The Balaban J connectivity index is 1.60. The van der Waals surface area contributed by atoms with Gasteiger partial charge in [0.25, 0.3) is 0 Å². The van der Waals surface area contributed by atoms with Crippen LogP contribution in [0.5, 0.6) is 5.75 Å². The normalized spacial score (nSPS) is 27.8. The van der Waals surface area contributed by atoms with Gasteiger partial charge in [0.05, 0.1) is 13.2 Å². The fourth-order valence-corrected chi connectivity index (χ4v) is 3.14. The van der Waals surface area contributed by atoms with E-state index in [1.54, 1.807) is 7.11 Å². The van der Waals surface area contributed by atoms with E-state index in [4.69, 9.17) is 4.74 Å². The zero-order chi connectivity index (χ0) is 13.9. The smallest absolute Gasteiger partial charge is 0.120 e. The maximum Gasteiger partial charge on any atom is 0.120 e. The van der Waals surface area contributed by atoms with Crippen LogP contribution in [0.4, 0.5) is 5.69 Å². The number of nitrogens with one attached hydrogen (secondary N) is 1. The first-order chi connectivity index (χ1) is 9.78. The van der Waals surface area contributed by atoms with Gasteiger partial charge < -0.3 is 20.1 Å². The molecule has 0 bridgehead atoms. The Bertz CT molecular complexity index is 446. The minimum atomic E-state index is -0.224. The van der Waals surface area contributed by atoms with Gasteiger partial charge in [-0.25, -0.2) is 0 Å². The number of rotatable bonds is 3. The molecule has 5 nitrogen and oxygen atoms in total. The third kappa shape index (κ3) is 2.75. The molecule has 2 N–H and O–H groups in total. The molecule has 0 aliphatic carbocycles. The third-order valence-corrected chi connectivity index (χ3v) is 4.35. The summed E-state index contributed by atoms with van der Waals surface area (Å²) in [5.74, 6) is 0.903. The molecule has 2 fully saturated rings. The maximum absolute atomic E-state index is 9.96. The molecule has 0 amide bonds. The first kappa shape index (κ1) is 13.7. The van der Waals surface area contributed by atoms with Gasteiger partial charge in [0.15, 0.2) is 0 Å². The van der Waals surface area contributed by atoms with Crippen molar-refractivity contribution in [3.63, 3.8) is 0 Å². The topological polar surface area (TPSA) is 48.0 Å². The highest BCUT2D eigenvalue weighted by atomic mass is 16.5. The average Bonchev–Trinajstić information content (AvgIpc) is 2.94. The number of hydrogen-bond acceptors (Lipinski definition) is 5. The van der Waals surface area contributed by atoms with Gasteiger partial charge >= 0.3 is 0 Å². The molecule has 2 heterocycles. The molecular weight excluding hydrogens is 254 g/mol. The van der Waals surface area contributed by atoms with E-state index in [0.717, 1.165) is 45.0 Å². The summed E-state index contributed by atoms with van der Waals surface area (Å²) >= 11 is 0. The Morgan fingerprint density at radius 3 is 2.65 bits per heavy atom. The van der Waals surface area contributed by atoms with Crippen LogP contribution >= 0.6 is 0 Å². The van der Waals surface area contributed by atoms with Crippen molar-refractivity contribution in [2.75, 3.05) is 51.3 Å². The van der Waals surface area contributed by atoms with E-state index in [0.29, 0.717) is 0 Å². The zero-order valence-electron chi connectivity index (χ0n) is 12.0. The zero-order valence-corrected chi connectivity index (χ0v) is 12.0. The molecule has 20 heavy (non-hydrogen) atoms. The van der Waals surface area contributed by atoms with E-state index in [9.17, 15) is 5.11 Å². The number of hydrogen-bond donors (Lipinski definition) is 2. The van der Waals surface area contributed by atoms with Gasteiger partial charge in [0, 0.05) is 57.1 Å². The van der Waals surface area contributed by atoms with Crippen molar-refractivity contribution in [1.29, 1.82) is 0 Å². The van der Waals surface area contributed by atoms with Crippen LogP contribution in [-0.2, 0) is 0 Å². The summed E-state index contributed by atoms with van der Waals surface area (Å²) in [5.41, 5.74) is 1.22. The number of aliphatic hydroxyl groups excluding tert-OH is 1. The number of anilines is 1. The van der Waals surface area contributed by atoms with Crippen molar-refractivity contribution in [2.45, 2.75) is 12.1 Å². The first-order valence-electron chi connectivity index (χ1n) is 7.30. The number of piperazine rings is 1. The van der Waals surface area contributed by atoms with Crippen LogP contribution in [0.3, 0.4) is 0 Å². The summed E-state index contributed by atoms with van der Waals surface area (Å²) in [6.07, 6.45) is -0.224. The lowest BCUT2D eigenvalue weighted by Crippen LogP contribution is -2.53. The van der Waals surface area contributed by atoms with Crippen molar-refractivity contribution >= 4 is 5.69 Å². The second-order valence-corrected chi connectivity index (χ2v) is 5.52. The van der Waals surface area contributed by atoms with Gasteiger partial charge in [-0.05, 0) is 12.1 Å². The van der Waals surface area contributed by atoms with Gasteiger partial charge in [-0.3, -0.25) is 4.90 Å². The molecule has 2 atom stereocenters. The molecule has 110 valence electrons. The Kier molecular flexibility index (Phi) is 4.10. The van der Waals surface area contributed by atoms with Crippen molar-refractivity contribution < 1.29 is 9.84 Å².